The molecule has 2 aromatic rings. The van der Waals surface area contributed by atoms with E-state index in [9.17, 15) is 0 Å². The molecule has 0 bridgehead atoms. The standard InChI is InChI=1S/C14H14BrNO/c15-12-2-1-3-14(10-12)17-9-8-11-4-6-13(16)7-5-11/h1-7,10H,8-9,16H2. The SMILES string of the molecule is Nc1ccc(CCOc2cccc(Br)c2)cc1. The number of hydrogen-bond acceptors (Lipinski definition) is 2. The first-order valence-corrected chi connectivity index (χ1v) is 6.26. The fourth-order valence-corrected chi connectivity index (χ4v) is 1.91. The molecule has 3 heteroatoms. The lowest BCUT2D eigenvalue weighted by molar-refractivity contribution is 0.322. The summed E-state index contributed by atoms with van der Waals surface area (Å²) < 4.78 is 6.69. The van der Waals surface area contributed by atoms with Gasteiger partial charge < -0.3 is 10.5 Å². The number of nitrogen functional groups attached to an aromatic ring is 1. The fraction of sp³-hybridized carbons (Fsp3) is 0.143. The summed E-state index contributed by atoms with van der Waals surface area (Å²) in [6, 6.07) is 15.7. The second kappa shape index (κ2) is 5.73. The summed E-state index contributed by atoms with van der Waals surface area (Å²) in [6.45, 7) is 0.667. The van der Waals surface area contributed by atoms with Gasteiger partial charge in [0.15, 0.2) is 0 Å². The van der Waals surface area contributed by atoms with Crippen molar-refractivity contribution in [1.29, 1.82) is 0 Å². The quantitative estimate of drug-likeness (QED) is 0.873. The van der Waals surface area contributed by atoms with Crippen molar-refractivity contribution in [2.45, 2.75) is 6.42 Å². The van der Waals surface area contributed by atoms with Gasteiger partial charge in [0.05, 0.1) is 6.61 Å². The Morgan fingerprint density at radius 3 is 2.53 bits per heavy atom. The minimum absolute atomic E-state index is 0.667. The molecule has 0 atom stereocenters. The maximum Gasteiger partial charge on any atom is 0.120 e. The molecule has 0 saturated carbocycles. The zero-order valence-corrected chi connectivity index (χ0v) is 11.0. The van der Waals surface area contributed by atoms with Gasteiger partial charge in [0, 0.05) is 16.6 Å². The van der Waals surface area contributed by atoms with Gasteiger partial charge in [0.2, 0.25) is 0 Å². The number of nitrogens with two attached hydrogens (primary N) is 1. The van der Waals surface area contributed by atoms with Crippen LogP contribution in [-0.4, -0.2) is 6.61 Å². The van der Waals surface area contributed by atoms with E-state index in [1.807, 2.05) is 48.5 Å². The summed E-state index contributed by atoms with van der Waals surface area (Å²) in [5.74, 6) is 0.884. The fourth-order valence-electron chi connectivity index (χ4n) is 1.53. The summed E-state index contributed by atoms with van der Waals surface area (Å²) in [5, 5.41) is 0. The van der Waals surface area contributed by atoms with Crippen LogP contribution in [0.25, 0.3) is 0 Å². The van der Waals surface area contributed by atoms with Crippen LogP contribution in [-0.2, 0) is 6.42 Å². The van der Waals surface area contributed by atoms with Gasteiger partial charge in [-0.25, -0.2) is 0 Å². The minimum Gasteiger partial charge on any atom is -0.493 e. The van der Waals surface area contributed by atoms with Gasteiger partial charge in [0.25, 0.3) is 0 Å². The topological polar surface area (TPSA) is 35.2 Å². The van der Waals surface area contributed by atoms with Crippen LogP contribution in [0.2, 0.25) is 0 Å². The molecule has 2 N–H and O–H groups in total. The van der Waals surface area contributed by atoms with Crippen molar-refractivity contribution in [3.8, 4) is 5.75 Å². The number of anilines is 1. The number of ether oxygens (including phenoxy) is 1. The van der Waals surface area contributed by atoms with Crippen LogP contribution in [0.1, 0.15) is 5.56 Å². The van der Waals surface area contributed by atoms with E-state index in [1.165, 1.54) is 5.56 Å². The van der Waals surface area contributed by atoms with E-state index >= 15 is 0 Å². The maximum atomic E-state index is 5.66. The van der Waals surface area contributed by atoms with E-state index < -0.39 is 0 Å². The Balaban J connectivity index is 1.85. The first kappa shape index (κ1) is 12.0. The van der Waals surface area contributed by atoms with Crippen LogP contribution >= 0.6 is 15.9 Å². The Morgan fingerprint density at radius 1 is 1.06 bits per heavy atom. The molecule has 0 spiro atoms. The highest BCUT2D eigenvalue weighted by molar-refractivity contribution is 9.10. The zero-order chi connectivity index (χ0) is 12.1. The zero-order valence-electron chi connectivity index (χ0n) is 9.40. The molecule has 17 heavy (non-hydrogen) atoms. The van der Waals surface area contributed by atoms with Crippen LogP contribution in [0.4, 0.5) is 5.69 Å². The summed E-state index contributed by atoms with van der Waals surface area (Å²) in [5.41, 5.74) is 7.65. The highest BCUT2D eigenvalue weighted by Gasteiger charge is 1.96. The summed E-state index contributed by atoms with van der Waals surface area (Å²) >= 11 is 3.41. The Kier molecular flexibility index (Phi) is 4.04. The monoisotopic (exact) mass is 291 g/mol. The van der Waals surface area contributed by atoms with E-state index in [0.717, 1.165) is 22.3 Å². The van der Waals surface area contributed by atoms with Crippen LogP contribution in [0, 0.1) is 0 Å². The lowest BCUT2D eigenvalue weighted by atomic mass is 10.1. The first-order chi connectivity index (χ1) is 8.24. The van der Waals surface area contributed by atoms with Crippen molar-refractivity contribution in [3.63, 3.8) is 0 Å². The Hall–Kier alpha value is -1.48. The van der Waals surface area contributed by atoms with Crippen molar-refractivity contribution in [2.24, 2.45) is 0 Å². The van der Waals surface area contributed by atoms with Crippen molar-refractivity contribution in [2.75, 3.05) is 12.3 Å². The Bertz CT molecular complexity index is 482. The second-order valence-corrected chi connectivity index (χ2v) is 4.71. The third-order valence-corrected chi connectivity index (χ3v) is 2.93. The molecule has 2 nitrogen and oxygen atoms in total. The average Bonchev–Trinajstić information content (AvgIpc) is 2.32. The van der Waals surface area contributed by atoms with Crippen molar-refractivity contribution in [3.05, 3.63) is 58.6 Å². The molecule has 0 aliphatic heterocycles. The lowest BCUT2D eigenvalue weighted by Gasteiger charge is -2.06. The van der Waals surface area contributed by atoms with Gasteiger partial charge >= 0.3 is 0 Å². The Labute approximate surface area is 110 Å². The lowest BCUT2D eigenvalue weighted by Crippen LogP contribution is -2.01. The predicted octanol–water partition coefficient (Wildman–Crippen LogP) is 3.65. The molecule has 0 amide bonds. The van der Waals surface area contributed by atoms with E-state index in [-0.39, 0.29) is 0 Å². The normalized spacial score (nSPS) is 10.2. The van der Waals surface area contributed by atoms with Gasteiger partial charge in [-0.2, -0.15) is 0 Å². The van der Waals surface area contributed by atoms with Gasteiger partial charge in [0.1, 0.15) is 5.75 Å². The second-order valence-electron chi connectivity index (χ2n) is 3.80. The van der Waals surface area contributed by atoms with Crippen molar-refractivity contribution in [1.82, 2.24) is 0 Å². The van der Waals surface area contributed by atoms with Gasteiger partial charge in [-0.15, -0.1) is 0 Å². The molecule has 88 valence electrons. The van der Waals surface area contributed by atoms with Gasteiger partial charge in [-0.3, -0.25) is 0 Å². The molecule has 0 saturated heterocycles. The minimum atomic E-state index is 0.667. The molecule has 0 aliphatic carbocycles. The number of hydrogen-bond donors (Lipinski definition) is 1. The van der Waals surface area contributed by atoms with Crippen molar-refractivity contribution < 1.29 is 4.74 Å². The molecule has 2 rings (SSSR count). The van der Waals surface area contributed by atoms with Crippen LogP contribution in [0.15, 0.2) is 53.0 Å². The summed E-state index contributed by atoms with van der Waals surface area (Å²) in [6.07, 6.45) is 0.882. The van der Waals surface area contributed by atoms with Gasteiger partial charge in [-0.05, 0) is 35.9 Å². The summed E-state index contributed by atoms with van der Waals surface area (Å²) in [7, 11) is 0. The molecule has 0 radical (unpaired) electrons. The third-order valence-electron chi connectivity index (χ3n) is 2.44. The Morgan fingerprint density at radius 2 is 1.82 bits per heavy atom. The maximum absolute atomic E-state index is 5.66. The summed E-state index contributed by atoms with van der Waals surface area (Å²) in [4.78, 5) is 0. The van der Waals surface area contributed by atoms with E-state index in [1.54, 1.807) is 0 Å². The molecule has 0 aliphatic rings. The highest BCUT2D eigenvalue weighted by atomic mass is 79.9. The van der Waals surface area contributed by atoms with Crippen LogP contribution < -0.4 is 10.5 Å². The highest BCUT2D eigenvalue weighted by Crippen LogP contribution is 2.18. The molecule has 0 heterocycles. The van der Waals surface area contributed by atoms with Crippen molar-refractivity contribution >= 4 is 21.6 Å². The van der Waals surface area contributed by atoms with Crippen LogP contribution in [0.3, 0.4) is 0 Å². The molecule has 2 aromatic carbocycles. The number of rotatable bonds is 4. The number of halogens is 1. The van der Waals surface area contributed by atoms with E-state index in [4.69, 9.17) is 10.5 Å². The van der Waals surface area contributed by atoms with E-state index in [0.29, 0.717) is 6.61 Å². The molecular weight excluding hydrogens is 278 g/mol. The average molecular weight is 292 g/mol. The van der Waals surface area contributed by atoms with E-state index in [2.05, 4.69) is 15.9 Å². The van der Waals surface area contributed by atoms with Crippen LogP contribution in [0.5, 0.6) is 5.75 Å². The molecule has 0 unspecified atom stereocenters. The smallest absolute Gasteiger partial charge is 0.120 e. The molecular formula is C14H14BrNO. The largest absolute Gasteiger partial charge is 0.493 e. The molecule has 0 aromatic heterocycles. The third kappa shape index (κ3) is 3.79. The predicted molar refractivity (Wildman–Crippen MR) is 74.2 cm³/mol. The van der Waals surface area contributed by atoms with Gasteiger partial charge in [-0.1, -0.05) is 34.1 Å². The molecule has 0 fully saturated rings. The number of benzene rings is 2. The first-order valence-electron chi connectivity index (χ1n) is 5.47.